The molecule has 0 unspecified atom stereocenters. The van der Waals surface area contributed by atoms with Gasteiger partial charge in [-0.15, -0.1) is 0 Å². The Balaban J connectivity index is 1.95. The summed E-state index contributed by atoms with van der Waals surface area (Å²) in [6.45, 7) is 12.1. The number of aliphatic imine (C=N–C) groups is 1. The first kappa shape index (κ1) is 16.0. The topological polar surface area (TPSA) is 21.6 Å². The van der Waals surface area contributed by atoms with Gasteiger partial charge in [-0.2, -0.15) is 0 Å². The number of rotatable bonds is 2. The van der Waals surface area contributed by atoms with Gasteiger partial charge < -0.3 is 4.74 Å². The number of hydrogen-bond acceptors (Lipinski definition) is 2. The molecule has 2 nitrogen and oxygen atoms in total. The smallest absolute Gasteiger partial charge is 0.189 e. The van der Waals surface area contributed by atoms with Crippen molar-refractivity contribution in [3.63, 3.8) is 0 Å². The number of ether oxygens (including phenoxy) is 1. The molecule has 0 aliphatic carbocycles. The second kappa shape index (κ2) is 5.96. The highest BCUT2D eigenvalue weighted by atomic mass is 31.1. The van der Waals surface area contributed by atoms with Gasteiger partial charge in [0.05, 0.1) is 0 Å². The third-order valence-electron chi connectivity index (χ3n) is 4.82. The van der Waals surface area contributed by atoms with Crippen LogP contribution in [-0.4, -0.2) is 23.8 Å². The molecule has 2 aliphatic heterocycles. The van der Waals surface area contributed by atoms with Gasteiger partial charge >= 0.3 is 0 Å². The second-order valence-electron chi connectivity index (χ2n) is 7.75. The molecule has 1 aromatic carbocycles. The molecule has 1 aromatic rings. The maximum Gasteiger partial charge on any atom is 0.189 e. The molecule has 3 atom stereocenters. The Hall–Kier alpha value is -0.880. The van der Waals surface area contributed by atoms with Crippen molar-refractivity contribution < 1.29 is 4.74 Å². The predicted octanol–water partition coefficient (Wildman–Crippen LogP) is 4.88. The van der Waals surface area contributed by atoms with Crippen LogP contribution in [0.1, 0.15) is 59.1 Å². The molecular weight excluding hydrogens is 289 g/mol. The van der Waals surface area contributed by atoms with Gasteiger partial charge in [0, 0.05) is 5.41 Å². The zero-order valence-corrected chi connectivity index (χ0v) is 15.4. The van der Waals surface area contributed by atoms with Crippen LogP contribution in [0.4, 0.5) is 0 Å². The van der Waals surface area contributed by atoms with Crippen molar-refractivity contribution in [2.75, 3.05) is 6.61 Å². The molecule has 1 saturated heterocycles. The minimum atomic E-state index is -0.0667. The van der Waals surface area contributed by atoms with Crippen LogP contribution in [0.2, 0.25) is 0 Å². The molecule has 0 N–H and O–H groups in total. The zero-order valence-electron chi connectivity index (χ0n) is 14.5. The van der Waals surface area contributed by atoms with Gasteiger partial charge in [0.1, 0.15) is 12.6 Å². The number of nitrogens with zero attached hydrogens (tertiary/aromatic N) is 1. The first-order valence-corrected chi connectivity index (χ1v) is 9.94. The van der Waals surface area contributed by atoms with Gasteiger partial charge in [-0.1, -0.05) is 66.8 Å². The standard InChI is InChI=1S/C19H28NOP/c1-13-10-11-14(2)22(13)17-9-7-6-8-15(17)16-12-21-18(20-16)19(3,4)5/h6-9,13-14,16H,10-12H2,1-5H3/t13-,14-,16-/m1/s1. The Morgan fingerprint density at radius 3 is 2.32 bits per heavy atom. The summed E-state index contributed by atoms with van der Waals surface area (Å²) in [7, 11) is -0.0667. The van der Waals surface area contributed by atoms with E-state index in [0.29, 0.717) is 6.61 Å². The highest BCUT2D eigenvalue weighted by molar-refractivity contribution is 7.67. The summed E-state index contributed by atoms with van der Waals surface area (Å²) in [5, 5.41) is 1.57. The lowest BCUT2D eigenvalue weighted by Crippen LogP contribution is -2.20. The molecule has 0 amide bonds. The van der Waals surface area contributed by atoms with Crippen LogP contribution in [0.25, 0.3) is 0 Å². The minimum absolute atomic E-state index is 0.00295. The Bertz CT molecular complexity index is 565. The Labute approximate surface area is 136 Å². The van der Waals surface area contributed by atoms with Gasteiger partial charge in [-0.05, 0) is 35.0 Å². The molecule has 120 valence electrons. The van der Waals surface area contributed by atoms with Crippen LogP contribution < -0.4 is 5.30 Å². The summed E-state index contributed by atoms with van der Waals surface area (Å²) >= 11 is 0. The van der Waals surface area contributed by atoms with Crippen molar-refractivity contribution in [3.05, 3.63) is 29.8 Å². The van der Waals surface area contributed by atoms with Crippen LogP contribution in [0.3, 0.4) is 0 Å². The highest BCUT2D eigenvalue weighted by Crippen LogP contribution is 2.55. The molecule has 3 rings (SSSR count). The van der Waals surface area contributed by atoms with Crippen LogP contribution >= 0.6 is 7.92 Å². The number of hydrogen-bond donors (Lipinski definition) is 0. The van der Waals surface area contributed by atoms with Crippen molar-refractivity contribution in [1.82, 2.24) is 0 Å². The van der Waals surface area contributed by atoms with E-state index in [1.165, 1.54) is 18.4 Å². The van der Waals surface area contributed by atoms with E-state index < -0.39 is 0 Å². The van der Waals surface area contributed by atoms with Crippen molar-refractivity contribution in [2.24, 2.45) is 10.4 Å². The molecule has 3 heteroatoms. The van der Waals surface area contributed by atoms with E-state index in [9.17, 15) is 0 Å². The summed E-state index contributed by atoms with van der Waals surface area (Å²) in [5.41, 5.74) is 3.08. The Morgan fingerprint density at radius 2 is 1.73 bits per heavy atom. The molecule has 0 saturated carbocycles. The van der Waals surface area contributed by atoms with Crippen molar-refractivity contribution in [1.29, 1.82) is 0 Å². The largest absolute Gasteiger partial charge is 0.478 e. The van der Waals surface area contributed by atoms with Gasteiger partial charge in [0.15, 0.2) is 5.90 Å². The van der Waals surface area contributed by atoms with Gasteiger partial charge in [-0.3, -0.25) is 0 Å². The fraction of sp³-hybridized carbons (Fsp3) is 0.632. The van der Waals surface area contributed by atoms with Crippen molar-refractivity contribution >= 4 is 19.1 Å². The van der Waals surface area contributed by atoms with Crippen molar-refractivity contribution in [3.8, 4) is 0 Å². The first-order chi connectivity index (χ1) is 10.4. The Morgan fingerprint density at radius 1 is 1.09 bits per heavy atom. The third-order valence-corrected chi connectivity index (χ3v) is 8.20. The molecule has 2 heterocycles. The molecule has 1 fully saturated rings. The van der Waals surface area contributed by atoms with Gasteiger partial charge in [-0.25, -0.2) is 4.99 Å². The summed E-state index contributed by atoms with van der Waals surface area (Å²) in [6, 6.07) is 9.17. The maximum atomic E-state index is 5.91. The summed E-state index contributed by atoms with van der Waals surface area (Å²) in [6.07, 6.45) is 2.75. The van der Waals surface area contributed by atoms with E-state index in [2.05, 4.69) is 58.9 Å². The second-order valence-corrected chi connectivity index (χ2v) is 10.8. The zero-order chi connectivity index (χ0) is 15.9. The molecule has 0 radical (unpaired) electrons. The van der Waals surface area contributed by atoms with E-state index in [4.69, 9.17) is 9.73 Å². The fourth-order valence-electron chi connectivity index (χ4n) is 3.62. The summed E-state index contributed by atoms with van der Waals surface area (Å²) in [5.74, 6) is 0.910. The van der Waals surface area contributed by atoms with Crippen LogP contribution in [0, 0.1) is 5.41 Å². The lowest BCUT2D eigenvalue weighted by atomic mass is 9.97. The highest BCUT2D eigenvalue weighted by Gasteiger charge is 2.35. The van der Waals surface area contributed by atoms with Crippen LogP contribution in [0.5, 0.6) is 0 Å². The van der Waals surface area contributed by atoms with Gasteiger partial charge in [0.2, 0.25) is 0 Å². The van der Waals surface area contributed by atoms with E-state index in [1.807, 2.05) is 0 Å². The van der Waals surface area contributed by atoms with E-state index in [0.717, 1.165) is 17.2 Å². The fourth-order valence-corrected chi connectivity index (χ4v) is 7.07. The SMILES string of the molecule is C[C@@H]1CC[C@@H](C)P1c1ccccc1[C@H]1COC(C(C)(C)C)=N1. The third kappa shape index (κ3) is 2.95. The van der Waals surface area contributed by atoms with Gasteiger partial charge in [0.25, 0.3) is 0 Å². The predicted molar refractivity (Wildman–Crippen MR) is 96.7 cm³/mol. The maximum absolute atomic E-state index is 5.91. The number of benzene rings is 1. The van der Waals surface area contributed by atoms with Crippen LogP contribution in [0.15, 0.2) is 29.3 Å². The molecular formula is C19H28NOP. The van der Waals surface area contributed by atoms with Crippen LogP contribution in [-0.2, 0) is 4.74 Å². The lowest BCUT2D eigenvalue weighted by molar-refractivity contribution is 0.283. The molecule has 0 spiro atoms. The van der Waals surface area contributed by atoms with E-state index >= 15 is 0 Å². The van der Waals surface area contributed by atoms with Crippen molar-refractivity contribution in [2.45, 2.75) is 64.8 Å². The van der Waals surface area contributed by atoms with E-state index in [-0.39, 0.29) is 19.4 Å². The molecule has 22 heavy (non-hydrogen) atoms. The molecule has 0 bridgehead atoms. The lowest BCUT2D eigenvalue weighted by Gasteiger charge is -2.25. The quantitative estimate of drug-likeness (QED) is 0.712. The monoisotopic (exact) mass is 317 g/mol. The average Bonchev–Trinajstić information content (AvgIpc) is 3.06. The molecule has 0 aromatic heterocycles. The van der Waals surface area contributed by atoms with E-state index in [1.54, 1.807) is 5.30 Å². The first-order valence-electron chi connectivity index (χ1n) is 8.46. The Kier molecular flexibility index (Phi) is 4.34. The normalized spacial score (nSPS) is 29.5. The minimum Gasteiger partial charge on any atom is -0.478 e. The summed E-state index contributed by atoms with van der Waals surface area (Å²) < 4.78 is 5.91. The molecule has 2 aliphatic rings. The summed E-state index contributed by atoms with van der Waals surface area (Å²) in [4.78, 5) is 4.92. The average molecular weight is 317 g/mol.